The molecule has 0 amide bonds. The second-order valence-electron chi connectivity index (χ2n) is 8.56. The van der Waals surface area contributed by atoms with Crippen molar-refractivity contribution >= 4 is 17.3 Å². The van der Waals surface area contributed by atoms with Gasteiger partial charge in [-0.2, -0.15) is 0 Å². The van der Waals surface area contributed by atoms with Crippen LogP contribution in [0.3, 0.4) is 0 Å². The molecule has 2 N–H and O–H groups in total. The van der Waals surface area contributed by atoms with E-state index < -0.39 is 0 Å². The van der Waals surface area contributed by atoms with E-state index in [0.717, 1.165) is 51.9 Å². The zero-order valence-corrected chi connectivity index (χ0v) is 15.6. The molecule has 4 heteroatoms. The van der Waals surface area contributed by atoms with Crippen LogP contribution >= 0.6 is 11.6 Å². The van der Waals surface area contributed by atoms with Crippen molar-refractivity contribution in [1.82, 2.24) is 10.3 Å². The van der Waals surface area contributed by atoms with E-state index in [1.165, 1.54) is 38.5 Å². The van der Waals surface area contributed by atoms with Crippen LogP contribution in [0, 0.1) is 17.8 Å². The number of hydrogen-bond acceptors (Lipinski definition) is 2. The maximum absolute atomic E-state index is 6.65. The van der Waals surface area contributed by atoms with Gasteiger partial charge in [-0.3, -0.25) is 0 Å². The van der Waals surface area contributed by atoms with Crippen LogP contribution < -0.4 is 5.32 Å². The molecule has 0 radical (unpaired) electrons. The van der Waals surface area contributed by atoms with Gasteiger partial charge in [-0.25, -0.2) is 4.99 Å². The number of H-pyrrole nitrogens is 1. The normalized spacial score (nSPS) is 37.9. The van der Waals surface area contributed by atoms with Crippen molar-refractivity contribution in [3.05, 3.63) is 46.5 Å². The van der Waals surface area contributed by atoms with Crippen molar-refractivity contribution in [2.24, 2.45) is 22.7 Å². The Morgan fingerprint density at radius 2 is 1.92 bits per heavy atom. The molecule has 4 bridgehead atoms. The second-order valence-corrected chi connectivity index (χ2v) is 8.94. The number of halogens is 1. The molecule has 0 saturated heterocycles. The molecule has 3 nitrogen and oxygen atoms in total. The molecule has 1 aromatic heterocycles. The van der Waals surface area contributed by atoms with Gasteiger partial charge in [0, 0.05) is 17.9 Å². The highest BCUT2D eigenvalue weighted by molar-refractivity contribution is 6.47. The number of nitrogens with one attached hydrogen (secondary N) is 2. The van der Waals surface area contributed by atoms with Crippen molar-refractivity contribution in [2.75, 3.05) is 0 Å². The van der Waals surface area contributed by atoms with Crippen LogP contribution in [0.2, 0.25) is 0 Å². The summed E-state index contributed by atoms with van der Waals surface area (Å²) in [5.41, 5.74) is 4.37. The summed E-state index contributed by atoms with van der Waals surface area (Å²) in [5, 5.41) is 4.64. The Morgan fingerprint density at radius 3 is 2.48 bits per heavy atom. The largest absolute Gasteiger partial charge is 0.384 e. The van der Waals surface area contributed by atoms with Gasteiger partial charge in [0.15, 0.2) is 0 Å². The van der Waals surface area contributed by atoms with Crippen LogP contribution in [0.15, 0.2) is 45.8 Å². The summed E-state index contributed by atoms with van der Waals surface area (Å²) < 4.78 is 0. The predicted octanol–water partition coefficient (Wildman–Crippen LogP) is 5.12. The minimum atomic E-state index is 0.317. The lowest BCUT2D eigenvalue weighted by atomic mass is 9.53. The topological polar surface area (TPSA) is 40.2 Å². The molecular formula is C21H26ClN3. The summed E-state index contributed by atoms with van der Waals surface area (Å²) in [6.45, 7) is 2.16. The molecule has 0 unspecified atom stereocenters. The molecule has 6 rings (SSSR count). The highest BCUT2D eigenvalue weighted by Crippen LogP contribution is 2.55. The third-order valence-electron chi connectivity index (χ3n) is 6.77. The summed E-state index contributed by atoms with van der Waals surface area (Å²) in [4.78, 5) is 8.09. The fourth-order valence-electron chi connectivity index (χ4n) is 6.11. The number of aromatic nitrogens is 1. The third-order valence-corrected chi connectivity index (χ3v) is 7.18. The lowest BCUT2D eigenvalue weighted by Crippen LogP contribution is -2.57. The van der Waals surface area contributed by atoms with E-state index in [-0.39, 0.29) is 0 Å². The SMILES string of the molecule is CCC1=C(Cl)C(c2ccc[nH]2)=N/C1=C/NC12CC3CC(CC(C3)C1)C2. The Labute approximate surface area is 154 Å². The van der Waals surface area contributed by atoms with E-state index in [1.54, 1.807) is 0 Å². The van der Waals surface area contributed by atoms with Crippen molar-refractivity contribution in [1.29, 1.82) is 0 Å². The lowest BCUT2D eigenvalue weighted by Gasteiger charge is -2.57. The van der Waals surface area contributed by atoms with Crippen molar-refractivity contribution in [2.45, 2.75) is 57.4 Å². The maximum atomic E-state index is 6.65. The first-order chi connectivity index (χ1) is 12.2. The number of aromatic amines is 1. The van der Waals surface area contributed by atoms with Crippen molar-refractivity contribution < 1.29 is 0 Å². The summed E-state index contributed by atoms with van der Waals surface area (Å²) in [6, 6.07) is 4.02. The monoisotopic (exact) mass is 355 g/mol. The molecule has 25 heavy (non-hydrogen) atoms. The number of hydrogen-bond donors (Lipinski definition) is 2. The highest BCUT2D eigenvalue weighted by atomic mass is 35.5. The molecule has 4 fully saturated rings. The van der Waals surface area contributed by atoms with Crippen LogP contribution in [-0.4, -0.2) is 16.2 Å². The standard InChI is InChI=1S/C21H26ClN3/c1-2-16-18(25-20(19(16)22)17-4-3-5-23-17)12-24-21-9-13-6-14(10-21)8-15(7-13)11-21/h3-5,12-15,23-24H,2,6-11H2,1H3/b18-12+. The molecule has 0 spiro atoms. The molecule has 132 valence electrons. The fraction of sp³-hybridized carbons (Fsp3) is 0.571. The Hall–Kier alpha value is -1.48. The van der Waals surface area contributed by atoms with Gasteiger partial charge in [0.25, 0.3) is 0 Å². The molecule has 4 saturated carbocycles. The number of allylic oxidation sites excluding steroid dienone is 2. The zero-order chi connectivity index (χ0) is 17.0. The van der Waals surface area contributed by atoms with Gasteiger partial charge >= 0.3 is 0 Å². The molecule has 1 aliphatic heterocycles. The van der Waals surface area contributed by atoms with Crippen LogP contribution in [0.4, 0.5) is 0 Å². The van der Waals surface area contributed by atoms with E-state index in [1.807, 2.05) is 18.3 Å². The summed E-state index contributed by atoms with van der Waals surface area (Å²) >= 11 is 6.65. The Balaban J connectivity index is 1.43. The van der Waals surface area contributed by atoms with Crippen LogP contribution in [-0.2, 0) is 0 Å². The van der Waals surface area contributed by atoms with Gasteiger partial charge in [-0.1, -0.05) is 18.5 Å². The molecule has 0 aromatic carbocycles. The molecule has 0 atom stereocenters. The van der Waals surface area contributed by atoms with E-state index in [4.69, 9.17) is 16.6 Å². The van der Waals surface area contributed by atoms with Crippen molar-refractivity contribution in [3.8, 4) is 0 Å². The quantitative estimate of drug-likeness (QED) is 0.773. The van der Waals surface area contributed by atoms with Crippen LogP contribution in [0.25, 0.3) is 0 Å². The fourth-order valence-corrected chi connectivity index (χ4v) is 6.49. The Morgan fingerprint density at radius 1 is 1.24 bits per heavy atom. The van der Waals surface area contributed by atoms with Crippen LogP contribution in [0.1, 0.15) is 57.6 Å². The summed E-state index contributed by atoms with van der Waals surface area (Å²) in [5.74, 6) is 2.84. The van der Waals surface area contributed by atoms with Gasteiger partial charge in [0.05, 0.1) is 16.4 Å². The minimum absolute atomic E-state index is 0.317. The molecular weight excluding hydrogens is 330 g/mol. The molecule has 2 heterocycles. The van der Waals surface area contributed by atoms with Gasteiger partial charge in [-0.15, -0.1) is 0 Å². The first kappa shape index (κ1) is 15.7. The van der Waals surface area contributed by atoms with Gasteiger partial charge in [0.1, 0.15) is 5.71 Å². The number of nitrogens with zero attached hydrogens (tertiary/aromatic N) is 1. The zero-order valence-electron chi connectivity index (χ0n) is 14.8. The molecule has 4 aliphatic carbocycles. The van der Waals surface area contributed by atoms with E-state index >= 15 is 0 Å². The highest BCUT2D eigenvalue weighted by Gasteiger charge is 2.50. The van der Waals surface area contributed by atoms with Gasteiger partial charge in [0.2, 0.25) is 0 Å². The Kier molecular flexibility index (Phi) is 3.63. The van der Waals surface area contributed by atoms with E-state index in [9.17, 15) is 0 Å². The molecule has 5 aliphatic rings. The number of aliphatic imine (C=N–C) groups is 1. The second kappa shape index (κ2) is 5.77. The predicted molar refractivity (Wildman–Crippen MR) is 103 cm³/mol. The minimum Gasteiger partial charge on any atom is -0.384 e. The van der Waals surface area contributed by atoms with Crippen molar-refractivity contribution in [3.63, 3.8) is 0 Å². The maximum Gasteiger partial charge on any atom is 0.106 e. The average Bonchev–Trinajstić information content (AvgIpc) is 3.19. The first-order valence-corrected chi connectivity index (χ1v) is 10.1. The first-order valence-electron chi connectivity index (χ1n) is 9.75. The Bertz CT molecular complexity index is 734. The van der Waals surface area contributed by atoms with E-state index in [2.05, 4.69) is 23.4 Å². The third kappa shape index (κ3) is 2.59. The lowest BCUT2D eigenvalue weighted by molar-refractivity contribution is -0.0130. The smallest absolute Gasteiger partial charge is 0.106 e. The molecule has 1 aromatic rings. The van der Waals surface area contributed by atoms with Gasteiger partial charge < -0.3 is 10.3 Å². The number of rotatable bonds is 4. The average molecular weight is 356 g/mol. The van der Waals surface area contributed by atoms with E-state index in [0.29, 0.717) is 5.54 Å². The summed E-state index contributed by atoms with van der Waals surface area (Å²) in [7, 11) is 0. The van der Waals surface area contributed by atoms with Crippen LogP contribution in [0.5, 0.6) is 0 Å². The van der Waals surface area contributed by atoms with Gasteiger partial charge in [-0.05, 0) is 80.4 Å². The summed E-state index contributed by atoms with van der Waals surface area (Å²) in [6.07, 6.45) is 13.4.